The van der Waals surface area contributed by atoms with Gasteiger partial charge in [0.2, 0.25) is 0 Å². The lowest BCUT2D eigenvalue weighted by atomic mass is 10.1. The van der Waals surface area contributed by atoms with E-state index in [2.05, 4.69) is 18.9 Å². The van der Waals surface area contributed by atoms with E-state index in [0.29, 0.717) is 19.6 Å². The summed E-state index contributed by atoms with van der Waals surface area (Å²) in [6, 6.07) is 20.1. The number of nitrogens with one attached hydrogen (secondary N) is 1. The van der Waals surface area contributed by atoms with Crippen molar-refractivity contribution in [1.29, 1.82) is 0 Å². The van der Waals surface area contributed by atoms with Crippen LogP contribution in [0.15, 0.2) is 60.7 Å². The van der Waals surface area contributed by atoms with Crippen LogP contribution >= 0.6 is 13.8 Å². The Balaban J connectivity index is 2.66. The smallest absolute Gasteiger partial charge is 0.308 e. The van der Waals surface area contributed by atoms with Gasteiger partial charge in [-0.25, -0.2) is 0 Å². The lowest BCUT2D eigenvalue weighted by Crippen LogP contribution is -2.46. The predicted molar refractivity (Wildman–Crippen MR) is 128 cm³/mol. The van der Waals surface area contributed by atoms with E-state index in [-0.39, 0.29) is 5.92 Å². The lowest BCUT2D eigenvalue weighted by molar-refractivity contribution is 0.188. The highest BCUT2D eigenvalue weighted by molar-refractivity contribution is 8.21. The van der Waals surface area contributed by atoms with Crippen LogP contribution in [0.3, 0.4) is 0 Å². The van der Waals surface area contributed by atoms with Crippen molar-refractivity contribution in [2.45, 2.75) is 46.3 Å². The molecule has 0 aliphatic heterocycles. The second-order valence-corrected chi connectivity index (χ2v) is 14.2. The summed E-state index contributed by atoms with van der Waals surface area (Å²) in [6.07, 6.45) is -1.88. The molecule has 4 nitrogen and oxygen atoms in total. The molecule has 0 aliphatic carbocycles. The van der Waals surface area contributed by atoms with Gasteiger partial charge < -0.3 is 9.05 Å². The molecule has 2 rings (SSSR count). The number of rotatable bonds is 11. The highest BCUT2D eigenvalue weighted by atomic mass is 32.4. The Hall–Kier alpha value is -0.800. The third-order valence-electron chi connectivity index (χ3n) is 4.65. The Kier molecular flexibility index (Phi) is 8.85. The zero-order valence-corrected chi connectivity index (χ0v) is 20.6. The molecule has 0 bridgehead atoms. The highest BCUT2D eigenvalue weighted by Gasteiger charge is 2.50. The zero-order valence-electron chi connectivity index (χ0n) is 18.0. The maximum absolute atomic E-state index is 14.0. The van der Waals surface area contributed by atoms with Crippen LogP contribution in [0.2, 0.25) is 0 Å². The van der Waals surface area contributed by atoms with Crippen molar-refractivity contribution in [1.82, 2.24) is 5.09 Å². The molecule has 29 heavy (non-hydrogen) atoms. The second kappa shape index (κ2) is 10.5. The number of benzene rings is 2. The van der Waals surface area contributed by atoms with E-state index in [1.807, 2.05) is 81.4 Å². The Morgan fingerprint density at radius 2 is 1.34 bits per heavy atom. The summed E-state index contributed by atoms with van der Waals surface area (Å²) in [4.78, 5) is 0. The predicted octanol–water partition coefficient (Wildman–Crippen LogP) is 5.65. The lowest BCUT2D eigenvalue weighted by Gasteiger charge is -2.42. The molecule has 0 aromatic heterocycles. The van der Waals surface area contributed by atoms with Crippen LogP contribution < -0.4 is 15.7 Å². The fourth-order valence-corrected chi connectivity index (χ4v) is 10.5. The molecule has 7 heteroatoms. The Morgan fingerprint density at radius 1 is 0.931 bits per heavy atom. The largest absolute Gasteiger partial charge is 0.350 e. The van der Waals surface area contributed by atoms with Gasteiger partial charge in [0.05, 0.1) is 19.4 Å². The van der Waals surface area contributed by atoms with Crippen LogP contribution in [0.4, 0.5) is 0 Å². The van der Waals surface area contributed by atoms with Gasteiger partial charge in [-0.15, -0.1) is 0 Å². The summed E-state index contributed by atoms with van der Waals surface area (Å²) in [5.41, 5.74) is 0. The molecule has 1 N–H and O–H groups in total. The van der Waals surface area contributed by atoms with Gasteiger partial charge in [0.1, 0.15) is 5.28 Å². The van der Waals surface area contributed by atoms with Crippen molar-refractivity contribution in [2.24, 2.45) is 5.92 Å². The fourth-order valence-electron chi connectivity index (χ4n) is 3.57. The van der Waals surface area contributed by atoms with Crippen molar-refractivity contribution in [3.05, 3.63) is 60.7 Å². The molecule has 1 atom stereocenters. The van der Waals surface area contributed by atoms with Gasteiger partial charge in [-0.3, -0.25) is 9.65 Å². The molecular weight excluding hydrogens is 420 g/mol. The molecular formula is C22H33NO3P2S. The van der Waals surface area contributed by atoms with Crippen LogP contribution in [0, 0.1) is 5.92 Å². The molecule has 160 valence electrons. The molecule has 0 unspecified atom stereocenters. The van der Waals surface area contributed by atoms with Gasteiger partial charge in [-0.2, -0.15) is 0 Å². The highest BCUT2D eigenvalue weighted by Crippen LogP contribution is 2.63. The minimum absolute atomic E-state index is 0.275. The summed E-state index contributed by atoms with van der Waals surface area (Å²) in [5, 5.41) is 4.82. The first-order valence-electron chi connectivity index (χ1n) is 10.1. The topological polar surface area (TPSA) is 47.6 Å². The zero-order chi connectivity index (χ0) is 21.5. The summed E-state index contributed by atoms with van der Waals surface area (Å²) in [5.74, 6) is 0.275. The Bertz CT molecular complexity index is 807. The van der Waals surface area contributed by atoms with Crippen molar-refractivity contribution in [3.8, 4) is 0 Å². The van der Waals surface area contributed by atoms with E-state index >= 15 is 0 Å². The molecule has 0 radical (unpaired) electrons. The van der Waals surface area contributed by atoms with E-state index < -0.39 is 19.1 Å². The molecule has 0 aliphatic rings. The van der Waals surface area contributed by atoms with Crippen LogP contribution in [0.25, 0.3) is 0 Å². The van der Waals surface area contributed by atoms with Gasteiger partial charge in [-0.1, -0.05) is 86.3 Å². The van der Waals surface area contributed by atoms with E-state index in [1.165, 1.54) is 0 Å². The standard InChI is InChI=1S/C22H33NO3P2S/c1-6-25-28(24,26-7-2)22(5,18-19(3)4)23-27(29,20-14-10-8-11-15-20)21-16-12-9-13-17-21/h8-17,19H,6-7,18H2,1-5H3,(H,23,29)/t22-/m1/s1. The summed E-state index contributed by atoms with van der Waals surface area (Å²) in [7, 11) is -3.48. The van der Waals surface area contributed by atoms with Gasteiger partial charge in [0.15, 0.2) is 0 Å². The van der Waals surface area contributed by atoms with Crippen molar-refractivity contribution in [2.75, 3.05) is 13.2 Å². The molecule has 0 saturated carbocycles. The van der Waals surface area contributed by atoms with Crippen LogP contribution in [0.5, 0.6) is 0 Å². The minimum atomic E-state index is -3.48. The maximum Gasteiger partial charge on any atom is 0.350 e. The first-order chi connectivity index (χ1) is 13.7. The summed E-state index contributed by atoms with van der Waals surface area (Å²) in [6.45, 7) is 10.5. The number of hydrogen-bond acceptors (Lipinski definition) is 4. The van der Waals surface area contributed by atoms with Gasteiger partial charge in [-0.05, 0) is 33.1 Å². The Labute approximate surface area is 181 Å². The SMILES string of the molecule is CCOP(=O)(OCC)[C@](C)(CC(C)C)NP(=S)(c1ccccc1)c1ccccc1. The molecule has 0 saturated heterocycles. The molecule has 0 spiro atoms. The van der Waals surface area contributed by atoms with Gasteiger partial charge >= 0.3 is 7.60 Å². The second-order valence-electron chi connectivity index (χ2n) is 7.60. The van der Waals surface area contributed by atoms with Crippen LogP contribution in [0.1, 0.15) is 41.0 Å². The molecule has 0 fully saturated rings. The van der Waals surface area contributed by atoms with Gasteiger partial charge in [0, 0.05) is 10.6 Å². The van der Waals surface area contributed by atoms with Crippen molar-refractivity contribution >= 4 is 36.2 Å². The molecule has 0 heterocycles. The average molecular weight is 454 g/mol. The third-order valence-corrected chi connectivity index (χ3v) is 11.9. The Morgan fingerprint density at radius 3 is 1.69 bits per heavy atom. The molecule has 2 aromatic rings. The minimum Gasteiger partial charge on any atom is -0.308 e. The van der Waals surface area contributed by atoms with Gasteiger partial charge in [0.25, 0.3) is 0 Å². The molecule has 2 aromatic carbocycles. The monoisotopic (exact) mass is 453 g/mol. The quantitative estimate of drug-likeness (QED) is 0.446. The van der Waals surface area contributed by atoms with Crippen LogP contribution in [-0.4, -0.2) is 18.5 Å². The van der Waals surface area contributed by atoms with Crippen molar-refractivity contribution < 1.29 is 13.6 Å². The summed E-state index contributed by atoms with van der Waals surface area (Å²) < 4.78 is 25.6. The first kappa shape index (κ1) is 24.5. The third kappa shape index (κ3) is 5.67. The molecule has 0 amide bonds. The van der Waals surface area contributed by atoms with E-state index in [1.54, 1.807) is 0 Å². The maximum atomic E-state index is 14.0. The van der Waals surface area contributed by atoms with E-state index in [4.69, 9.17) is 20.9 Å². The average Bonchev–Trinajstić information content (AvgIpc) is 2.69. The van der Waals surface area contributed by atoms with E-state index in [0.717, 1.165) is 10.6 Å². The van der Waals surface area contributed by atoms with Crippen LogP contribution in [-0.2, 0) is 25.4 Å². The fraction of sp³-hybridized carbons (Fsp3) is 0.455. The first-order valence-corrected chi connectivity index (χ1v) is 14.4. The van der Waals surface area contributed by atoms with Crippen molar-refractivity contribution in [3.63, 3.8) is 0 Å². The normalized spacial score (nSPS) is 14.7. The van der Waals surface area contributed by atoms with E-state index in [9.17, 15) is 4.57 Å². The number of hydrogen-bond donors (Lipinski definition) is 1. The summed E-state index contributed by atoms with van der Waals surface area (Å²) >= 11 is 6.34.